The molecular formula is C20H21N5O2. The van der Waals surface area contributed by atoms with Gasteiger partial charge in [-0.1, -0.05) is 12.8 Å². The quantitative estimate of drug-likeness (QED) is 0.765. The maximum atomic E-state index is 10.4. The van der Waals surface area contributed by atoms with Gasteiger partial charge in [0.05, 0.1) is 23.8 Å². The smallest absolute Gasteiger partial charge is 0.233 e. The monoisotopic (exact) mass is 363 g/mol. The lowest BCUT2D eigenvalue weighted by atomic mass is 9.87. The number of ether oxygens (including phenoxy) is 1. The average Bonchev–Trinajstić information content (AvgIpc) is 3.32. The molecule has 0 saturated heterocycles. The van der Waals surface area contributed by atoms with E-state index in [0.717, 1.165) is 24.7 Å². The summed E-state index contributed by atoms with van der Waals surface area (Å²) in [6.07, 6.45) is 9.75. The van der Waals surface area contributed by atoms with Crippen molar-refractivity contribution < 1.29 is 9.84 Å². The fourth-order valence-corrected chi connectivity index (χ4v) is 4.45. The molecular weight excluding hydrogens is 342 g/mol. The van der Waals surface area contributed by atoms with E-state index in [1.54, 1.807) is 24.5 Å². The van der Waals surface area contributed by atoms with Gasteiger partial charge in [-0.2, -0.15) is 15.0 Å². The van der Waals surface area contributed by atoms with E-state index in [9.17, 15) is 5.11 Å². The molecule has 2 bridgehead atoms. The minimum atomic E-state index is 0.108. The Balaban J connectivity index is 1.31. The Kier molecular flexibility index (Phi) is 3.99. The van der Waals surface area contributed by atoms with Crippen LogP contribution in [0.25, 0.3) is 16.9 Å². The molecule has 0 spiro atoms. The zero-order valence-electron chi connectivity index (χ0n) is 14.9. The molecule has 7 nitrogen and oxygen atoms in total. The van der Waals surface area contributed by atoms with Crippen molar-refractivity contribution in [1.82, 2.24) is 25.2 Å². The van der Waals surface area contributed by atoms with Gasteiger partial charge in [0.1, 0.15) is 11.9 Å². The summed E-state index contributed by atoms with van der Waals surface area (Å²) in [6, 6.07) is 8.90. The van der Waals surface area contributed by atoms with Gasteiger partial charge in [-0.25, -0.2) is 0 Å². The molecule has 2 aliphatic carbocycles. The van der Waals surface area contributed by atoms with E-state index in [2.05, 4.69) is 20.4 Å². The molecule has 2 unspecified atom stereocenters. The summed E-state index contributed by atoms with van der Waals surface area (Å²) < 4.78 is 6.07. The summed E-state index contributed by atoms with van der Waals surface area (Å²) in [7, 11) is 0. The highest BCUT2D eigenvalue weighted by Gasteiger charge is 2.35. The first-order valence-electron chi connectivity index (χ1n) is 9.45. The lowest BCUT2D eigenvalue weighted by Crippen LogP contribution is -2.26. The Morgan fingerprint density at radius 3 is 2.37 bits per heavy atom. The Morgan fingerprint density at radius 2 is 1.70 bits per heavy atom. The molecule has 0 radical (unpaired) electrons. The first-order chi connectivity index (χ1) is 13.2. The highest BCUT2D eigenvalue weighted by atomic mass is 16.5. The zero-order valence-corrected chi connectivity index (χ0v) is 14.9. The van der Waals surface area contributed by atoms with Crippen molar-refractivity contribution >= 4 is 0 Å². The third-order valence-corrected chi connectivity index (χ3v) is 5.68. The first-order valence-corrected chi connectivity index (χ1v) is 9.45. The Bertz CT molecular complexity index is 914. The van der Waals surface area contributed by atoms with Crippen LogP contribution >= 0.6 is 0 Å². The van der Waals surface area contributed by atoms with Gasteiger partial charge >= 0.3 is 0 Å². The largest absolute Gasteiger partial charge is 0.507 e. The van der Waals surface area contributed by atoms with Crippen LogP contribution in [-0.4, -0.2) is 36.4 Å². The molecule has 138 valence electrons. The Labute approximate surface area is 157 Å². The van der Waals surface area contributed by atoms with Crippen LogP contribution < -0.4 is 4.74 Å². The number of phenols is 1. The first kappa shape index (κ1) is 16.2. The second-order valence-electron chi connectivity index (χ2n) is 7.53. The predicted molar refractivity (Wildman–Crippen MR) is 98.5 cm³/mol. The highest BCUT2D eigenvalue weighted by molar-refractivity contribution is 5.68. The maximum absolute atomic E-state index is 10.4. The fourth-order valence-electron chi connectivity index (χ4n) is 4.45. The van der Waals surface area contributed by atoms with Gasteiger partial charge in [0, 0.05) is 17.7 Å². The van der Waals surface area contributed by atoms with E-state index >= 15 is 0 Å². The lowest BCUT2D eigenvalue weighted by Gasteiger charge is -2.27. The van der Waals surface area contributed by atoms with Crippen LogP contribution in [0, 0.1) is 11.8 Å². The summed E-state index contributed by atoms with van der Waals surface area (Å²) in [5, 5.41) is 27.0. The average molecular weight is 363 g/mol. The van der Waals surface area contributed by atoms with Gasteiger partial charge in [0.15, 0.2) is 0 Å². The van der Waals surface area contributed by atoms with E-state index in [1.165, 1.54) is 24.1 Å². The third-order valence-electron chi connectivity index (χ3n) is 5.68. The molecule has 0 aliphatic heterocycles. The van der Waals surface area contributed by atoms with Crippen LogP contribution in [0.3, 0.4) is 0 Å². The minimum Gasteiger partial charge on any atom is -0.507 e. The van der Waals surface area contributed by atoms with Crippen molar-refractivity contribution in [3.63, 3.8) is 0 Å². The van der Waals surface area contributed by atoms with Crippen molar-refractivity contribution in [3.05, 3.63) is 42.7 Å². The summed E-state index contributed by atoms with van der Waals surface area (Å²) in [5.74, 6) is 2.31. The SMILES string of the molecule is Oc1cc(-n2nccn2)ccc1-c1ccc(OC2CC3CC[C@@H](C3)C2)nn1. The Morgan fingerprint density at radius 1 is 0.926 bits per heavy atom. The number of nitrogens with zero attached hydrogens (tertiary/aromatic N) is 5. The number of aromatic hydroxyl groups is 1. The minimum absolute atomic E-state index is 0.108. The molecule has 1 N–H and O–H groups in total. The van der Waals surface area contributed by atoms with Gasteiger partial charge in [-0.05, 0) is 49.3 Å². The van der Waals surface area contributed by atoms with E-state index < -0.39 is 0 Å². The topological polar surface area (TPSA) is 86.0 Å². The van der Waals surface area contributed by atoms with Crippen LogP contribution in [-0.2, 0) is 0 Å². The predicted octanol–water partition coefficient (Wildman–Crippen LogP) is 3.39. The zero-order chi connectivity index (χ0) is 18.2. The van der Waals surface area contributed by atoms with E-state index in [4.69, 9.17) is 4.74 Å². The molecule has 1 aromatic carbocycles. The summed E-state index contributed by atoms with van der Waals surface area (Å²) in [5.41, 5.74) is 1.89. The van der Waals surface area contributed by atoms with Crippen LogP contribution in [0.15, 0.2) is 42.7 Å². The van der Waals surface area contributed by atoms with Crippen LogP contribution in [0.1, 0.15) is 32.1 Å². The van der Waals surface area contributed by atoms with E-state index in [-0.39, 0.29) is 11.9 Å². The third kappa shape index (κ3) is 3.25. The van der Waals surface area contributed by atoms with Crippen LogP contribution in [0.4, 0.5) is 0 Å². The van der Waals surface area contributed by atoms with Gasteiger partial charge in [-0.15, -0.1) is 10.2 Å². The van der Waals surface area contributed by atoms with E-state index in [1.807, 2.05) is 18.2 Å². The molecule has 0 amide bonds. The number of phenolic OH excluding ortho intramolecular Hbond substituents is 1. The standard InChI is InChI=1S/C20H21N5O2/c26-19-12-15(25-21-7-8-22-25)3-4-17(19)18-5-6-20(24-23-18)27-16-10-13-1-2-14(9-13)11-16/h3-8,12-14,16,26H,1-2,9-11H2/t13-,14?,16?/m0/s1. The number of fused-ring (bicyclic) bond motifs is 2. The van der Waals surface area contributed by atoms with E-state index in [0.29, 0.717) is 22.8 Å². The Hall–Kier alpha value is -2.96. The summed E-state index contributed by atoms with van der Waals surface area (Å²) in [6.45, 7) is 0. The normalized spacial score (nSPS) is 24.1. The van der Waals surface area contributed by atoms with Crippen molar-refractivity contribution in [2.75, 3.05) is 0 Å². The van der Waals surface area contributed by atoms with Crippen molar-refractivity contribution in [3.8, 4) is 28.6 Å². The summed E-state index contributed by atoms with van der Waals surface area (Å²) in [4.78, 5) is 1.45. The summed E-state index contributed by atoms with van der Waals surface area (Å²) >= 11 is 0. The molecule has 2 aromatic heterocycles. The molecule has 7 heteroatoms. The van der Waals surface area contributed by atoms with Gasteiger partial charge in [0.25, 0.3) is 0 Å². The second kappa shape index (κ2) is 6.64. The molecule has 2 saturated carbocycles. The number of hydrogen-bond acceptors (Lipinski definition) is 6. The number of hydrogen-bond donors (Lipinski definition) is 1. The molecule has 27 heavy (non-hydrogen) atoms. The lowest BCUT2D eigenvalue weighted by molar-refractivity contribution is 0.113. The van der Waals surface area contributed by atoms with Crippen molar-refractivity contribution in [2.45, 2.75) is 38.2 Å². The van der Waals surface area contributed by atoms with Gasteiger partial charge < -0.3 is 9.84 Å². The number of aromatic nitrogens is 5. The van der Waals surface area contributed by atoms with Crippen LogP contribution in [0.2, 0.25) is 0 Å². The molecule has 3 atom stereocenters. The highest BCUT2D eigenvalue weighted by Crippen LogP contribution is 2.43. The van der Waals surface area contributed by atoms with Crippen molar-refractivity contribution in [1.29, 1.82) is 0 Å². The van der Waals surface area contributed by atoms with Crippen molar-refractivity contribution in [2.24, 2.45) is 11.8 Å². The number of rotatable bonds is 4. The van der Waals surface area contributed by atoms with Gasteiger partial charge in [0.2, 0.25) is 5.88 Å². The fraction of sp³-hybridized carbons (Fsp3) is 0.400. The molecule has 3 aromatic rings. The number of benzene rings is 1. The van der Waals surface area contributed by atoms with Gasteiger partial charge in [-0.3, -0.25) is 0 Å². The maximum Gasteiger partial charge on any atom is 0.233 e. The molecule has 2 aliphatic rings. The van der Waals surface area contributed by atoms with Crippen LogP contribution in [0.5, 0.6) is 11.6 Å². The molecule has 2 heterocycles. The molecule has 5 rings (SSSR count). The molecule has 2 fully saturated rings. The second-order valence-corrected chi connectivity index (χ2v) is 7.53.